The SMILES string of the molecule is CCc1ccccc1NC(=O)CN1CCN([C@H](C)c2ccccc2)CC1. The van der Waals surface area contributed by atoms with Gasteiger partial charge in [-0.2, -0.15) is 0 Å². The van der Waals surface area contributed by atoms with Gasteiger partial charge in [-0.3, -0.25) is 14.6 Å². The molecule has 0 radical (unpaired) electrons. The summed E-state index contributed by atoms with van der Waals surface area (Å²) in [6.07, 6.45) is 0.923. The molecule has 1 fully saturated rings. The molecule has 2 aromatic rings. The fourth-order valence-electron chi connectivity index (χ4n) is 3.59. The summed E-state index contributed by atoms with van der Waals surface area (Å²) in [6.45, 7) is 8.69. The molecular weight excluding hydrogens is 322 g/mol. The highest BCUT2D eigenvalue weighted by atomic mass is 16.2. The first-order chi connectivity index (χ1) is 12.7. The van der Waals surface area contributed by atoms with Crippen molar-refractivity contribution < 1.29 is 4.79 Å². The lowest BCUT2D eigenvalue weighted by molar-refractivity contribution is -0.117. The van der Waals surface area contributed by atoms with Gasteiger partial charge in [-0.05, 0) is 30.5 Å². The minimum absolute atomic E-state index is 0.0791. The molecule has 138 valence electrons. The van der Waals surface area contributed by atoms with Crippen LogP contribution in [0.5, 0.6) is 0 Å². The largest absolute Gasteiger partial charge is 0.325 e. The van der Waals surface area contributed by atoms with Gasteiger partial charge in [0, 0.05) is 37.9 Å². The minimum atomic E-state index is 0.0791. The van der Waals surface area contributed by atoms with Gasteiger partial charge in [-0.15, -0.1) is 0 Å². The molecule has 0 aromatic heterocycles. The van der Waals surface area contributed by atoms with E-state index in [1.807, 2.05) is 18.2 Å². The highest BCUT2D eigenvalue weighted by Crippen LogP contribution is 2.21. The van der Waals surface area contributed by atoms with E-state index in [0.717, 1.165) is 38.3 Å². The zero-order valence-electron chi connectivity index (χ0n) is 15.8. The molecule has 4 heteroatoms. The lowest BCUT2D eigenvalue weighted by Crippen LogP contribution is -2.49. The normalized spacial score (nSPS) is 17.0. The summed E-state index contributed by atoms with van der Waals surface area (Å²) in [4.78, 5) is 17.2. The van der Waals surface area contributed by atoms with Gasteiger partial charge in [0.15, 0.2) is 0 Å². The smallest absolute Gasteiger partial charge is 0.238 e. The number of para-hydroxylation sites is 1. The summed E-state index contributed by atoms with van der Waals surface area (Å²) >= 11 is 0. The van der Waals surface area contributed by atoms with E-state index in [1.54, 1.807) is 0 Å². The highest BCUT2D eigenvalue weighted by Gasteiger charge is 2.23. The van der Waals surface area contributed by atoms with Crippen LogP contribution in [0.1, 0.15) is 31.0 Å². The van der Waals surface area contributed by atoms with Crippen LogP contribution in [0.3, 0.4) is 0 Å². The number of nitrogens with one attached hydrogen (secondary N) is 1. The lowest BCUT2D eigenvalue weighted by atomic mass is 10.1. The molecule has 26 heavy (non-hydrogen) atoms. The third kappa shape index (κ3) is 4.71. The molecule has 1 amide bonds. The molecule has 1 aliphatic rings. The number of benzene rings is 2. The van der Waals surface area contributed by atoms with Crippen molar-refractivity contribution in [3.63, 3.8) is 0 Å². The van der Waals surface area contributed by atoms with Crippen molar-refractivity contribution in [1.29, 1.82) is 0 Å². The van der Waals surface area contributed by atoms with Crippen molar-refractivity contribution in [1.82, 2.24) is 9.80 Å². The lowest BCUT2D eigenvalue weighted by Gasteiger charge is -2.38. The van der Waals surface area contributed by atoms with Crippen LogP contribution in [0.4, 0.5) is 5.69 Å². The van der Waals surface area contributed by atoms with E-state index in [9.17, 15) is 4.79 Å². The Balaban J connectivity index is 1.48. The van der Waals surface area contributed by atoms with Gasteiger partial charge < -0.3 is 5.32 Å². The van der Waals surface area contributed by atoms with Crippen LogP contribution in [0.25, 0.3) is 0 Å². The number of piperazine rings is 1. The zero-order valence-corrected chi connectivity index (χ0v) is 15.8. The van der Waals surface area contributed by atoms with Crippen molar-refractivity contribution in [2.75, 3.05) is 38.0 Å². The van der Waals surface area contributed by atoms with Crippen molar-refractivity contribution in [2.45, 2.75) is 26.3 Å². The molecule has 1 saturated heterocycles. The Morgan fingerprint density at radius 3 is 2.35 bits per heavy atom. The van der Waals surface area contributed by atoms with E-state index >= 15 is 0 Å². The number of nitrogens with zero attached hydrogens (tertiary/aromatic N) is 2. The zero-order chi connectivity index (χ0) is 18.4. The van der Waals surface area contributed by atoms with Crippen molar-refractivity contribution in [3.8, 4) is 0 Å². The summed E-state index contributed by atoms with van der Waals surface area (Å²) in [5, 5.41) is 3.07. The Morgan fingerprint density at radius 1 is 1.00 bits per heavy atom. The van der Waals surface area contributed by atoms with Crippen molar-refractivity contribution in [3.05, 3.63) is 65.7 Å². The number of carbonyl (C=O) groups excluding carboxylic acids is 1. The van der Waals surface area contributed by atoms with Crippen LogP contribution < -0.4 is 5.32 Å². The van der Waals surface area contributed by atoms with Crippen LogP contribution in [-0.2, 0) is 11.2 Å². The Kier molecular flexibility index (Phi) is 6.42. The molecule has 1 heterocycles. The molecule has 0 spiro atoms. The molecule has 1 aliphatic heterocycles. The maximum absolute atomic E-state index is 12.4. The van der Waals surface area contributed by atoms with E-state index < -0.39 is 0 Å². The Morgan fingerprint density at radius 2 is 1.65 bits per heavy atom. The summed E-state index contributed by atoms with van der Waals surface area (Å²) in [5.74, 6) is 0.0791. The fraction of sp³-hybridized carbons (Fsp3) is 0.409. The summed E-state index contributed by atoms with van der Waals surface area (Å²) in [5.41, 5.74) is 3.48. The molecule has 3 rings (SSSR count). The maximum Gasteiger partial charge on any atom is 0.238 e. The Labute approximate surface area is 156 Å². The van der Waals surface area contributed by atoms with E-state index in [1.165, 1.54) is 11.1 Å². The van der Waals surface area contributed by atoms with Gasteiger partial charge in [0.2, 0.25) is 5.91 Å². The van der Waals surface area contributed by atoms with Gasteiger partial charge in [-0.1, -0.05) is 55.5 Å². The molecule has 0 aliphatic carbocycles. The second-order valence-corrected chi connectivity index (χ2v) is 6.96. The van der Waals surface area contributed by atoms with E-state index in [-0.39, 0.29) is 5.91 Å². The van der Waals surface area contributed by atoms with Crippen molar-refractivity contribution in [2.24, 2.45) is 0 Å². The molecule has 1 atom stereocenters. The topological polar surface area (TPSA) is 35.6 Å². The number of hydrogen-bond donors (Lipinski definition) is 1. The van der Waals surface area contributed by atoms with Gasteiger partial charge in [0.1, 0.15) is 0 Å². The van der Waals surface area contributed by atoms with Crippen LogP contribution in [-0.4, -0.2) is 48.4 Å². The van der Waals surface area contributed by atoms with E-state index in [4.69, 9.17) is 0 Å². The second kappa shape index (κ2) is 8.97. The molecule has 0 saturated carbocycles. The molecule has 1 N–H and O–H groups in total. The van der Waals surface area contributed by atoms with E-state index in [2.05, 4.69) is 65.4 Å². The number of rotatable bonds is 6. The Hall–Kier alpha value is -2.17. The average Bonchev–Trinajstić information content (AvgIpc) is 2.69. The summed E-state index contributed by atoms with van der Waals surface area (Å²) in [6, 6.07) is 19.1. The molecule has 0 bridgehead atoms. The van der Waals surface area contributed by atoms with Gasteiger partial charge >= 0.3 is 0 Å². The maximum atomic E-state index is 12.4. The molecule has 2 aromatic carbocycles. The number of hydrogen-bond acceptors (Lipinski definition) is 3. The molecule has 4 nitrogen and oxygen atoms in total. The standard InChI is InChI=1S/C22H29N3O/c1-3-19-9-7-8-12-21(19)23-22(26)17-24-13-15-25(16-14-24)18(2)20-10-5-4-6-11-20/h4-12,18H,3,13-17H2,1-2H3,(H,23,26)/t18-/m1/s1. The van der Waals surface area contributed by atoms with Gasteiger partial charge in [0.25, 0.3) is 0 Å². The first-order valence-electron chi connectivity index (χ1n) is 9.56. The minimum Gasteiger partial charge on any atom is -0.325 e. The van der Waals surface area contributed by atoms with Crippen LogP contribution in [0, 0.1) is 0 Å². The predicted octanol–water partition coefficient (Wildman–Crippen LogP) is 3.57. The van der Waals surface area contributed by atoms with Crippen LogP contribution in [0.2, 0.25) is 0 Å². The third-order valence-electron chi connectivity index (χ3n) is 5.28. The van der Waals surface area contributed by atoms with Crippen LogP contribution >= 0.6 is 0 Å². The Bertz CT molecular complexity index is 708. The first kappa shape index (κ1) is 18.6. The summed E-state index contributed by atoms with van der Waals surface area (Å²) in [7, 11) is 0. The molecule has 0 unspecified atom stereocenters. The first-order valence-corrected chi connectivity index (χ1v) is 9.56. The summed E-state index contributed by atoms with van der Waals surface area (Å²) < 4.78 is 0. The molecular formula is C22H29N3O. The quantitative estimate of drug-likeness (QED) is 0.864. The predicted molar refractivity (Wildman–Crippen MR) is 107 cm³/mol. The average molecular weight is 351 g/mol. The van der Waals surface area contributed by atoms with Gasteiger partial charge in [-0.25, -0.2) is 0 Å². The number of aryl methyl sites for hydroxylation is 1. The van der Waals surface area contributed by atoms with E-state index in [0.29, 0.717) is 12.6 Å². The fourth-order valence-corrected chi connectivity index (χ4v) is 3.59. The monoisotopic (exact) mass is 351 g/mol. The second-order valence-electron chi connectivity index (χ2n) is 6.96. The highest BCUT2D eigenvalue weighted by molar-refractivity contribution is 5.93. The number of carbonyl (C=O) groups is 1. The van der Waals surface area contributed by atoms with Gasteiger partial charge in [0.05, 0.1) is 6.54 Å². The third-order valence-corrected chi connectivity index (χ3v) is 5.28. The number of amides is 1. The van der Waals surface area contributed by atoms with Crippen molar-refractivity contribution >= 4 is 11.6 Å². The number of anilines is 1. The van der Waals surface area contributed by atoms with Crippen LogP contribution in [0.15, 0.2) is 54.6 Å².